The Morgan fingerprint density at radius 2 is 1.91 bits per heavy atom. The van der Waals surface area contributed by atoms with Gasteiger partial charge in [0.1, 0.15) is 5.69 Å². The number of hydrogen-bond acceptors (Lipinski definition) is 3. The lowest BCUT2D eigenvalue weighted by Crippen LogP contribution is -2.10. The van der Waals surface area contributed by atoms with Crippen molar-refractivity contribution >= 4 is 44.6 Å². The van der Waals surface area contributed by atoms with Gasteiger partial charge in [-0.25, -0.2) is 8.78 Å². The third-order valence-electron chi connectivity index (χ3n) is 3.34. The number of hydrogen-bond donors (Lipinski definition) is 1. The van der Waals surface area contributed by atoms with Crippen LogP contribution in [0.5, 0.6) is 0 Å². The summed E-state index contributed by atoms with van der Waals surface area (Å²) < 4.78 is 43.0. The van der Waals surface area contributed by atoms with Gasteiger partial charge in [-0.3, -0.25) is 0 Å². The van der Waals surface area contributed by atoms with E-state index >= 15 is 0 Å². The molecule has 2 N–H and O–H groups in total. The molecule has 1 heterocycles. The summed E-state index contributed by atoms with van der Waals surface area (Å²) in [5.41, 5.74) is 4.69. The standard InChI is InChI=1S/C16H11F3N2S/c1-2-9-8-12(16(20)15(18)14(9)17)21(19)11-3-4-13-10(7-11)5-6-22-13/h2-8H,1,20H2. The molecule has 0 unspecified atom stereocenters. The zero-order valence-corrected chi connectivity index (χ0v) is 12.1. The van der Waals surface area contributed by atoms with Gasteiger partial charge < -0.3 is 5.73 Å². The summed E-state index contributed by atoms with van der Waals surface area (Å²) in [6.45, 7) is 3.38. The lowest BCUT2D eigenvalue weighted by atomic mass is 10.1. The molecule has 0 saturated heterocycles. The van der Waals surface area contributed by atoms with Crippen LogP contribution in [-0.2, 0) is 0 Å². The van der Waals surface area contributed by atoms with Crippen molar-refractivity contribution in [2.24, 2.45) is 0 Å². The average Bonchev–Trinajstić information content (AvgIpc) is 3.00. The molecule has 0 spiro atoms. The van der Waals surface area contributed by atoms with E-state index in [1.165, 1.54) is 11.3 Å². The van der Waals surface area contributed by atoms with Crippen molar-refractivity contribution in [1.29, 1.82) is 0 Å². The summed E-state index contributed by atoms with van der Waals surface area (Å²) in [6, 6.07) is 7.89. The fourth-order valence-electron chi connectivity index (χ4n) is 2.17. The normalized spacial score (nSPS) is 10.9. The molecule has 112 valence electrons. The van der Waals surface area contributed by atoms with Gasteiger partial charge in [-0.1, -0.05) is 17.1 Å². The predicted octanol–water partition coefficient (Wildman–Crippen LogP) is 5.43. The number of nitrogens with zero attached hydrogens (tertiary/aromatic N) is 1. The maximum Gasteiger partial charge on any atom is 0.184 e. The van der Waals surface area contributed by atoms with Gasteiger partial charge in [-0.05, 0) is 41.1 Å². The van der Waals surface area contributed by atoms with E-state index in [2.05, 4.69) is 6.58 Å². The minimum absolute atomic E-state index is 0.152. The topological polar surface area (TPSA) is 29.3 Å². The Bertz CT molecular complexity index is 873. The molecular weight excluding hydrogens is 309 g/mol. The highest BCUT2D eigenvalue weighted by molar-refractivity contribution is 7.17. The lowest BCUT2D eigenvalue weighted by Gasteiger charge is -2.17. The molecule has 0 radical (unpaired) electrons. The summed E-state index contributed by atoms with van der Waals surface area (Å²) >= 11 is 1.53. The number of nitrogen functional groups attached to an aromatic ring is 1. The second kappa shape index (κ2) is 5.38. The molecular formula is C16H11F3N2S. The Labute approximate surface area is 128 Å². The number of rotatable bonds is 3. The predicted molar refractivity (Wildman–Crippen MR) is 85.9 cm³/mol. The van der Waals surface area contributed by atoms with Crippen molar-refractivity contribution in [3.8, 4) is 0 Å². The van der Waals surface area contributed by atoms with Gasteiger partial charge in [-0.2, -0.15) is 5.12 Å². The van der Waals surface area contributed by atoms with E-state index in [0.717, 1.165) is 22.2 Å². The highest BCUT2D eigenvalue weighted by atomic mass is 32.1. The fraction of sp³-hybridized carbons (Fsp3) is 0. The van der Waals surface area contributed by atoms with Crippen LogP contribution < -0.4 is 10.9 Å². The van der Waals surface area contributed by atoms with Gasteiger partial charge in [0.15, 0.2) is 11.6 Å². The monoisotopic (exact) mass is 320 g/mol. The number of halogens is 3. The highest BCUT2D eigenvalue weighted by Gasteiger charge is 2.20. The second-order valence-electron chi connectivity index (χ2n) is 4.65. The molecule has 2 nitrogen and oxygen atoms in total. The SMILES string of the molecule is C=Cc1cc(N(F)c2ccc3sccc3c2)c(N)c(F)c1F. The molecule has 3 aromatic rings. The summed E-state index contributed by atoms with van der Waals surface area (Å²) in [7, 11) is 0. The first-order valence-corrected chi connectivity index (χ1v) is 7.24. The average molecular weight is 320 g/mol. The maximum absolute atomic E-state index is 14.6. The summed E-state index contributed by atoms with van der Waals surface area (Å²) in [5.74, 6) is -2.43. The molecule has 3 rings (SSSR count). The van der Waals surface area contributed by atoms with Gasteiger partial charge in [-0.15, -0.1) is 11.3 Å². The van der Waals surface area contributed by atoms with Crippen molar-refractivity contribution in [2.45, 2.75) is 0 Å². The van der Waals surface area contributed by atoms with Crippen molar-refractivity contribution in [1.82, 2.24) is 0 Å². The first kappa shape index (κ1) is 14.5. The van der Waals surface area contributed by atoms with Gasteiger partial charge in [0.25, 0.3) is 0 Å². The molecule has 0 amide bonds. The molecule has 2 aromatic carbocycles. The van der Waals surface area contributed by atoms with Gasteiger partial charge in [0.2, 0.25) is 0 Å². The molecule has 0 fully saturated rings. The number of nitrogens with two attached hydrogens (primary N) is 1. The van der Waals surface area contributed by atoms with Crippen molar-refractivity contribution in [2.75, 3.05) is 10.9 Å². The van der Waals surface area contributed by atoms with E-state index in [1.807, 2.05) is 11.4 Å². The molecule has 0 bridgehead atoms. The lowest BCUT2D eigenvalue weighted by molar-refractivity contribution is 0.492. The van der Waals surface area contributed by atoms with Crippen LogP contribution in [0.15, 0.2) is 42.3 Å². The molecule has 1 aromatic heterocycles. The quantitative estimate of drug-likeness (QED) is 0.515. The first-order valence-electron chi connectivity index (χ1n) is 6.36. The molecule has 0 aliphatic heterocycles. The largest absolute Gasteiger partial charge is 0.394 e. The molecule has 6 heteroatoms. The second-order valence-corrected chi connectivity index (χ2v) is 5.60. The zero-order chi connectivity index (χ0) is 15.9. The number of fused-ring (bicyclic) bond motifs is 1. The van der Waals surface area contributed by atoms with Crippen molar-refractivity contribution < 1.29 is 13.3 Å². The molecule has 0 saturated carbocycles. The first-order chi connectivity index (χ1) is 10.5. The van der Waals surface area contributed by atoms with E-state index < -0.39 is 17.3 Å². The van der Waals surface area contributed by atoms with Crippen LogP contribution in [0.2, 0.25) is 0 Å². The smallest absolute Gasteiger partial charge is 0.184 e. The highest BCUT2D eigenvalue weighted by Crippen LogP contribution is 2.37. The van der Waals surface area contributed by atoms with Gasteiger partial charge >= 0.3 is 0 Å². The maximum atomic E-state index is 14.6. The Kier molecular flexibility index (Phi) is 3.54. The van der Waals surface area contributed by atoms with E-state index in [9.17, 15) is 13.3 Å². The van der Waals surface area contributed by atoms with Gasteiger partial charge in [0, 0.05) is 10.3 Å². The van der Waals surface area contributed by atoms with E-state index in [-0.39, 0.29) is 22.1 Å². The van der Waals surface area contributed by atoms with Crippen LogP contribution in [0.3, 0.4) is 0 Å². The van der Waals surface area contributed by atoms with Crippen LogP contribution in [0.1, 0.15) is 5.56 Å². The Balaban J connectivity index is 2.13. The minimum atomic E-state index is -1.29. The van der Waals surface area contributed by atoms with E-state index in [0.29, 0.717) is 0 Å². The van der Waals surface area contributed by atoms with Crippen LogP contribution in [0.25, 0.3) is 16.2 Å². The Morgan fingerprint density at radius 1 is 1.14 bits per heavy atom. The van der Waals surface area contributed by atoms with Crippen LogP contribution >= 0.6 is 11.3 Å². The molecule has 0 atom stereocenters. The molecule has 0 aliphatic carbocycles. The summed E-state index contributed by atoms with van der Waals surface area (Å²) in [5, 5.41) is 2.98. The van der Waals surface area contributed by atoms with Crippen LogP contribution in [-0.4, -0.2) is 0 Å². The van der Waals surface area contributed by atoms with Crippen molar-refractivity contribution in [3.63, 3.8) is 0 Å². The molecule has 22 heavy (non-hydrogen) atoms. The van der Waals surface area contributed by atoms with Crippen molar-refractivity contribution in [3.05, 3.63) is 59.5 Å². The van der Waals surface area contributed by atoms with Crippen LogP contribution in [0.4, 0.5) is 30.3 Å². The Morgan fingerprint density at radius 3 is 2.64 bits per heavy atom. The molecule has 0 aliphatic rings. The minimum Gasteiger partial charge on any atom is -0.394 e. The Hall–Kier alpha value is -2.47. The van der Waals surface area contributed by atoms with E-state index in [1.54, 1.807) is 18.2 Å². The van der Waals surface area contributed by atoms with Crippen LogP contribution in [0, 0.1) is 11.6 Å². The number of benzene rings is 2. The summed E-state index contributed by atoms with van der Waals surface area (Å²) in [4.78, 5) is 0. The third-order valence-corrected chi connectivity index (χ3v) is 4.24. The zero-order valence-electron chi connectivity index (χ0n) is 11.3. The van der Waals surface area contributed by atoms with Gasteiger partial charge in [0.05, 0.1) is 11.4 Å². The third kappa shape index (κ3) is 2.21. The fourth-order valence-corrected chi connectivity index (χ4v) is 2.94. The van der Waals surface area contributed by atoms with E-state index in [4.69, 9.17) is 5.73 Å². The number of anilines is 3. The summed E-state index contributed by atoms with van der Waals surface area (Å²) in [6.07, 6.45) is 1.11. The number of thiophene rings is 1.